The minimum Gasteiger partial charge on any atom is -0.315 e. The zero-order valence-electron chi connectivity index (χ0n) is 10.1. The SMILES string of the molecule is O=S(=O)(Nc1nc(C2CC2)cs1)C1CCCNC1. The van der Waals surface area contributed by atoms with Crippen molar-refractivity contribution >= 4 is 26.5 Å². The third kappa shape index (κ3) is 2.67. The summed E-state index contributed by atoms with van der Waals surface area (Å²) in [4.78, 5) is 4.36. The van der Waals surface area contributed by atoms with Gasteiger partial charge in [0, 0.05) is 17.8 Å². The van der Waals surface area contributed by atoms with Crippen molar-refractivity contribution in [2.24, 2.45) is 0 Å². The molecule has 0 amide bonds. The molecule has 0 bridgehead atoms. The van der Waals surface area contributed by atoms with Crippen LogP contribution in [0.1, 0.15) is 37.3 Å². The average Bonchev–Trinajstić information content (AvgIpc) is 3.12. The molecule has 1 aliphatic heterocycles. The molecule has 2 heterocycles. The van der Waals surface area contributed by atoms with Gasteiger partial charge in [0.25, 0.3) is 0 Å². The van der Waals surface area contributed by atoms with Crippen LogP contribution in [-0.2, 0) is 10.0 Å². The first-order chi connectivity index (χ1) is 8.65. The lowest BCUT2D eigenvalue weighted by Gasteiger charge is -2.22. The molecule has 100 valence electrons. The number of thiazole rings is 1. The van der Waals surface area contributed by atoms with Gasteiger partial charge in [0.05, 0.1) is 10.9 Å². The van der Waals surface area contributed by atoms with E-state index in [1.165, 1.54) is 24.2 Å². The van der Waals surface area contributed by atoms with Gasteiger partial charge in [-0.1, -0.05) is 0 Å². The molecule has 0 spiro atoms. The van der Waals surface area contributed by atoms with E-state index in [2.05, 4.69) is 15.0 Å². The maximum atomic E-state index is 12.2. The first-order valence-electron chi connectivity index (χ1n) is 6.33. The van der Waals surface area contributed by atoms with Crippen LogP contribution in [0.4, 0.5) is 5.13 Å². The van der Waals surface area contributed by atoms with Crippen LogP contribution in [0, 0.1) is 0 Å². The predicted octanol–water partition coefficient (Wildman–Crippen LogP) is 1.51. The fourth-order valence-electron chi connectivity index (χ4n) is 2.19. The number of hydrogen-bond acceptors (Lipinski definition) is 5. The Hall–Kier alpha value is -0.660. The molecule has 0 radical (unpaired) electrons. The Balaban J connectivity index is 1.69. The summed E-state index contributed by atoms with van der Waals surface area (Å²) < 4.78 is 27.0. The molecule has 1 saturated heterocycles. The molecule has 1 unspecified atom stereocenters. The Bertz CT molecular complexity index is 516. The number of nitrogens with zero attached hydrogens (tertiary/aromatic N) is 1. The standard InChI is InChI=1S/C11H17N3O2S2/c15-18(16,9-2-1-5-12-6-9)14-11-13-10(7-17-11)8-3-4-8/h7-9,12H,1-6H2,(H,13,14). The number of hydrogen-bond donors (Lipinski definition) is 2. The first kappa shape index (κ1) is 12.4. The summed E-state index contributed by atoms with van der Waals surface area (Å²) in [7, 11) is -3.29. The highest BCUT2D eigenvalue weighted by molar-refractivity contribution is 7.93. The van der Waals surface area contributed by atoms with E-state index >= 15 is 0 Å². The second-order valence-corrected chi connectivity index (χ2v) is 7.79. The van der Waals surface area contributed by atoms with Crippen molar-refractivity contribution < 1.29 is 8.42 Å². The van der Waals surface area contributed by atoms with Crippen molar-refractivity contribution in [3.8, 4) is 0 Å². The fraction of sp³-hybridized carbons (Fsp3) is 0.727. The zero-order chi connectivity index (χ0) is 12.6. The Kier molecular flexibility index (Phi) is 3.29. The van der Waals surface area contributed by atoms with Crippen LogP contribution >= 0.6 is 11.3 Å². The van der Waals surface area contributed by atoms with E-state index < -0.39 is 10.0 Å². The van der Waals surface area contributed by atoms with E-state index in [4.69, 9.17) is 0 Å². The van der Waals surface area contributed by atoms with E-state index in [1.54, 1.807) is 0 Å². The summed E-state index contributed by atoms with van der Waals surface area (Å²) in [5.41, 5.74) is 1.04. The number of piperidine rings is 1. The number of nitrogens with one attached hydrogen (secondary N) is 2. The molecule has 7 heteroatoms. The molecule has 1 atom stereocenters. The van der Waals surface area contributed by atoms with Crippen molar-refractivity contribution in [1.29, 1.82) is 0 Å². The number of rotatable bonds is 4. The molecule has 1 saturated carbocycles. The van der Waals surface area contributed by atoms with E-state index in [0.717, 1.165) is 25.1 Å². The molecule has 1 aromatic rings. The third-order valence-corrected chi connectivity index (χ3v) is 6.10. The molecule has 1 aliphatic carbocycles. The van der Waals surface area contributed by atoms with E-state index in [-0.39, 0.29) is 5.25 Å². The average molecular weight is 287 g/mol. The largest absolute Gasteiger partial charge is 0.315 e. The van der Waals surface area contributed by atoms with E-state index in [0.29, 0.717) is 17.6 Å². The van der Waals surface area contributed by atoms with Crippen molar-refractivity contribution in [2.45, 2.75) is 36.9 Å². The Morgan fingerprint density at radius 1 is 1.39 bits per heavy atom. The molecular weight excluding hydrogens is 270 g/mol. The number of aromatic nitrogens is 1. The van der Waals surface area contributed by atoms with E-state index in [9.17, 15) is 8.42 Å². The molecule has 0 aromatic carbocycles. The highest BCUT2D eigenvalue weighted by Gasteiger charge is 2.29. The van der Waals surface area contributed by atoms with Crippen LogP contribution in [0.15, 0.2) is 5.38 Å². The second-order valence-electron chi connectivity index (χ2n) is 4.97. The van der Waals surface area contributed by atoms with Gasteiger partial charge in [-0.15, -0.1) is 11.3 Å². The summed E-state index contributed by atoms with van der Waals surface area (Å²) in [5.74, 6) is 0.566. The van der Waals surface area contributed by atoms with Crippen molar-refractivity contribution in [3.05, 3.63) is 11.1 Å². The normalized spacial score (nSPS) is 25.0. The quantitative estimate of drug-likeness (QED) is 0.880. The molecule has 2 fully saturated rings. The van der Waals surface area contributed by atoms with Gasteiger partial charge in [0.1, 0.15) is 0 Å². The molecule has 1 aromatic heterocycles. The Labute approximate surface area is 111 Å². The third-order valence-electron chi connectivity index (χ3n) is 3.44. The van der Waals surface area contributed by atoms with Gasteiger partial charge in [0.2, 0.25) is 10.0 Å². The van der Waals surface area contributed by atoms with Crippen LogP contribution in [0.5, 0.6) is 0 Å². The van der Waals surface area contributed by atoms with Crippen LogP contribution in [0.3, 0.4) is 0 Å². The minimum absolute atomic E-state index is 0.334. The van der Waals surface area contributed by atoms with Crippen LogP contribution in [-0.4, -0.2) is 31.7 Å². The maximum absolute atomic E-state index is 12.2. The lowest BCUT2D eigenvalue weighted by atomic mass is 10.2. The van der Waals surface area contributed by atoms with Crippen LogP contribution in [0.2, 0.25) is 0 Å². The van der Waals surface area contributed by atoms with Gasteiger partial charge in [-0.3, -0.25) is 4.72 Å². The lowest BCUT2D eigenvalue weighted by Crippen LogP contribution is -2.41. The number of anilines is 1. The monoisotopic (exact) mass is 287 g/mol. The van der Waals surface area contributed by atoms with Crippen molar-refractivity contribution in [2.75, 3.05) is 17.8 Å². The molecule has 5 nitrogen and oxygen atoms in total. The van der Waals surface area contributed by atoms with Gasteiger partial charge in [-0.2, -0.15) is 0 Å². The summed E-state index contributed by atoms with van der Waals surface area (Å²) in [6.45, 7) is 1.45. The second kappa shape index (κ2) is 4.79. The van der Waals surface area contributed by atoms with Gasteiger partial charge in [-0.25, -0.2) is 13.4 Å². The van der Waals surface area contributed by atoms with Crippen molar-refractivity contribution in [3.63, 3.8) is 0 Å². The molecule has 3 rings (SSSR count). The summed E-state index contributed by atoms with van der Waals surface area (Å²) in [5, 5.41) is 5.27. The smallest absolute Gasteiger partial charge is 0.238 e. The topological polar surface area (TPSA) is 71.1 Å². The predicted molar refractivity (Wildman–Crippen MR) is 72.5 cm³/mol. The Morgan fingerprint density at radius 2 is 2.22 bits per heavy atom. The fourth-order valence-corrected chi connectivity index (χ4v) is 4.64. The molecule has 18 heavy (non-hydrogen) atoms. The highest BCUT2D eigenvalue weighted by Crippen LogP contribution is 2.41. The maximum Gasteiger partial charge on any atom is 0.238 e. The first-order valence-corrected chi connectivity index (χ1v) is 8.75. The van der Waals surface area contributed by atoms with Gasteiger partial charge < -0.3 is 5.32 Å². The highest BCUT2D eigenvalue weighted by atomic mass is 32.2. The van der Waals surface area contributed by atoms with Gasteiger partial charge in [0.15, 0.2) is 5.13 Å². The molecular formula is C11H17N3O2S2. The van der Waals surface area contributed by atoms with Crippen LogP contribution < -0.4 is 10.0 Å². The molecule has 2 aliphatic rings. The van der Waals surface area contributed by atoms with Gasteiger partial charge in [-0.05, 0) is 32.2 Å². The zero-order valence-corrected chi connectivity index (χ0v) is 11.7. The Morgan fingerprint density at radius 3 is 2.89 bits per heavy atom. The lowest BCUT2D eigenvalue weighted by molar-refractivity contribution is 0.499. The summed E-state index contributed by atoms with van der Waals surface area (Å²) in [6.07, 6.45) is 4.00. The van der Waals surface area contributed by atoms with E-state index in [1.807, 2.05) is 5.38 Å². The minimum atomic E-state index is -3.29. The summed E-state index contributed by atoms with van der Waals surface area (Å²) >= 11 is 1.39. The summed E-state index contributed by atoms with van der Waals surface area (Å²) in [6, 6.07) is 0. The number of sulfonamides is 1. The van der Waals surface area contributed by atoms with Gasteiger partial charge >= 0.3 is 0 Å². The van der Waals surface area contributed by atoms with Crippen molar-refractivity contribution in [1.82, 2.24) is 10.3 Å². The molecule has 2 N–H and O–H groups in total. The van der Waals surface area contributed by atoms with Crippen LogP contribution in [0.25, 0.3) is 0 Å².